The Morgan fingerprint density at radius 2 is 1.46 bits per heavy atom. The van der Waals surface area contributed by atoms with Gasteiger partial charge in [0.05, 0.1) is 0 Å². The van der Waals surface area contributed by atoms with Gasteiger partial charge in [0.15, 0.2) is 0 Å². The predicted molar refractivity (Wildman–Crippen MR) is 110 cm³/mol. The van der Waals surface area contributed by atoms with Crippen molar-refractivity contribution in [1.82, 2.24) is 4.98 Å². The molecule has 0 spiro atoms. The molecule has 1 fully saturated rings. The van der Waals surface area contributed by atoms with Gasteiger partial charge in [-0.15, -0.1) is 0 Å². The number of unbranched alkanes of at least 4 members (excludes halogenated alkanes) is 3. The molecule has 0 bridgehead atoms. The van der Waals surface area contributed by atoms with Crippen molar-refractivity contribution in [2.75, 3.05) is 18.0 Å². The van der Waals surface area contributed by atoms with E-state index in [-0.39, 0.29) is 0 Å². The number of hydrogen-bond acceptors (Lipinski definition) is 2. The Morgan fingerprint density at radius 3 is 1.96 bits per heavy atom. The van der Waals surface area contributed by atoms with Crippen molar-refractivity contribution in [2.24, 2.45) is 0 Å². The summed E-state index contributed by atoms with van der Waals surface area (Å²) in [4.78, 5) is 7.59. The molecular formula is C21H38N2Sn. The molecule has 1 aliphatic heterocycles. The van der Waals surface area contributed by atoms with Gasteiger partial charge in [-0.25, -0.2) is 0 Å². The molecule has 1 aromatic heterocycles. The third-order valence-electron chi connectivity index (χ3n) is 5.78. The van der Waals surface area contributed by atoms with Crippen molar-refractivity contribution < 1.29 is 0 Å². The maximum absolute atomic E-state index is 5.01. The second-order valence-corrected chi connectivity index (χ2v) is 20.7. The normalized spacial score (nSPS) is 15.2. The number of aromatic nitrogens is 1. The summed E-state index contributed by atoms with van der Waals surface area (Å²) in [5.74, 6) is 0. The van der Waals surface area contributed by atoms with E-state index < -0.39 is 18.4 Å². The molecule has 0 aliphatic carbocycles. The van der Waals surface area contributed by atoms with Gasteiger partial charge in [-0.3, -0.25) is 0 Å². The molecule has 3 heteroatoms. The summed E-state index contributed by atoms with van der Waals surface area (Å²) in [6.07, 6.45) is 13.1. The minimum atomic E-state index is -2.35. The monoisotopic (exact) mass is 438 g/mol. The first kappa shape index (κ1) is 20.1. The Labute approximate surface area is 154 Å². The van der Waals surface area contributed by atoms with Crippen LogP contribution in [0.1, 0.15) is 72.1 Å². The van der Waals surface area contributed by atoms with Gasteiger partial charge in [0.25, 0.3) is 0 Å². The molecule has 1 aliphatic rings. The van der Waals surface area contributed by atoms with Gasteiger partial charge in [0.2, 0.25) is 0 Å². The third-order valence-corrected chi connectivity index (χ3v) is 20.9. The zero-order chi connectivity index (χ0) is 17.3. The maximum atomic E-state index is 5.01. The Hall–Kier alpha value is -0.251. The van der Waals surface area contributed by atoms with E-state index in [0.29, 0.717) is 0 Å². The Kier molecular flexibility index (Phi) is 8.93. The molecule has 2 heterocycles. The molecule has 0 aromatic carbocycles. The summed E-state index contributed by atoms with van der Waals surface area (Å²) in [6, 6.07) is 4.79. The Bertz CT molecular complexity index is 447. The van der Waals surface area contributed by atoms with E-state index in [1.807, 2.05) is 0 Å². The third kappa shape index (κ3) is 5.37. The van der Waals surface area contributed by atoms with E-state index in [1.165, 1.54) is 83.5 Å². The zero-order valence-corrected chi connectivity index (χ0v) is 19.2. The SMILES string of the molecule is CCC[CH2][Sn]([CH2]CCC)([CH2]CCC)[c]1cc(N2CCCC2)ccn1. The fourth-order valence-electron chi connectivity index (χ4n) is 4.19. The molecule has 136 valence electrons. The van der Waals surface area contributed by atoms with Crippen LogP contribution in [0, 0.1) is 0 Å². The molecule has 0 amide bonds. The molecule has 0 radical (unpaired) electrons. The summed E-state index contributed by atoms with van der Waals surface area (Å²) in [5, 5.41) is 0. The van der Waals surface area contributed by atoms with Crippen LogP contribution in [0.3, 0.4) is 0 Å². The van der Waals surface area contributed by atoms with Crippen LogP contribution < -0.4 is 8.61 Å². The molecule has 0 N–H and O–H groups in total. The molecule has 1 aromatic rings. The van der Waals surface area contributed by atoms with E-state index in [9.17, 15) is 0 Å². The fourth-order valence-corrected chi connectivity index (χ4v) is 19.6. The van der Waals surface area contributed by atoms with Gasteiger partial charge in [0, 0.05) is 0 Å². The fraction of sp³-hybridized carbons (Fsp3) is 0.762. The van der Waals surface area contributed by atoms with Crippen molar-refractivity contribution in [2.45, 2.75) is 85.4 Å². The van der Waals surface area contributed by atoms with E-state index in [1.54, 1.807) is 3.71 Å². The Morgan fingerprint density at radius 1 is 0.917 bits per heavy atom. The average molecular weight is 437 g/mol. The molecule has 2 rings (SSSR count). The first-order valence-electron chi connectivity index (χ1n) is 10.5. The predicted octanol–water partition coefficient (Wildman–Crippen LogP) is 5.74. The van der Waals surface area contributed by atoms with E-state index in [4.69, 9.17) is 4.98 Å². The van der Waals surface area contributed by atoms with E-state index >= 15 is 0 Å². The van der Waals surface area contributed by atoms with Crippen molar-refractivity contribution in [3.63, 3.8) is 0 Å². The molecule has 1 saturated heterocycles. The van der Waals surface area contributed by atoms with Crippen LogP contribution in [0.25, 0.3) is 0 Å². The van der Waals surface area contributed by atoms with Crippen molar-refractivity contribution >= 4 is 27.8 Å². The summed E-state index contributed by atoms with van der Waals surface area (Å²) in [6.45, 7) is 9.54. The van der Waals surface area contributed by atoms with Gasteiger partial charge >= 0.3 is 155 Å². The standard InChI is InChI=1S/C9H11N2.3C4H9.Sn/c1-2-8-11(7-1)9-3-5-10-6-4-9;3*1-3-4-2;/h3-5H,1-2,7-8H2;3*1,3-4H2,2H3;. The number of hydrogen-bond donors (Lipinski definition) is 0. The molecule has 2 nitrogen and oxygen atoms in total. The van der Waals surface area contributed by atoms with Gasteiger partial charge in [-0.05, 0) is 0 Å². The van der Waals surface area contributed by atoms with Gasteiger partial charge in [0.1, 0.15) is 0 Å². The first-order valence-corrected chi connectivity index (χ1v) is 18.0. The van der Waals surface area contributed by atoms with E-state index in [2.05, 4.69) is 44.0 Å². The average Bonchev–Trinajstić information content (AvgIpc) is 3.16. The van der Waals surface area contributed by atoms with Crippen molar-refractivity contribution in [3.8, 4) is 0 Å². The van der Waals surface area contributed by atoms with Gasteiger partial charge < -0.3 is 0 Å². The van der Waals surface area contributed by atoms with Crippen LogP contribution in [0.15, 0.2) is 18.3 Å². The number of anilines is 1. The number of nitrogens with zero attached hydrogens (tertiary/aromatic N) is 2. The summed E-state index contributed by atoms with van der Waals surface area (Å²) in [5.41, 5.74) is 1.46. The quantitative estimate of drug-likeness (QED) is 0.411. The Balaban J connectivity index is 2.29. The molecule has 0 saturated carbocycles. The van der Waals surface area contributed by atoms with Crippen molar-refractivity contribution in [3.05, 3.63) is 18.3 Å². The molecule has 0 atom stereocenters. The second-order valence-electron chi connectivity index (χ2n) is 7.68. The molecule has 24 heavy (non-hydrogen) atoms. The van der Waals surface area contributed by atoms with Crippen LogP contribution in [-0.4, -0.2) is 36.5 Å². The van der Waals surface area contributed by atoms with E-state index in [0.717, 1.165) is 0 Å². The number of rotatable bonds is 11. The van der Waals surface area contributed by atoms with Crippen LogP contribution in [0.4, 0.5) is 5.69 Å². The van der Waals surface area contributed by atoms with Crippen LogP contribution >= 0.6 is 0 Å². The summed E-state index contributed by atoms with van der Waals surface area (Å²) < 4.78 is 6.13. The summed E-state index contributed by atoms with van der Waals surface area (Å²) >= 11 is -2.35. The van der Waals surface area contributed by atoms with Gasteiger partial charge in [-0.2, -0.15) is 0 Å². The van der Waals surface area contributed by atoms with Crippen LogP contribution in [0.2, 0.25) is 13.3 Å². The van der Waals surface area contributed by atoms with Gasteiger partial charge in [-0.1, -0.05) is 0 Å². The number of pyridine rings is 1. The second kappa shape index (κ2) is 10.7. The van der Waals surface area contributed by atoms with Crippen LogP contribution in [0.5, 0.6) is 0 Å². The molecular weight excluding hydrogens is 399 g/mol. The minimum absolute atomic E-state index is 1.24. The first-order chi connectivity index (χ1) is 11.8. The van der Waals surface area contributed by atoms with Crippen molar-refractivity contribution in [1.29, 1.82) is 0 Å². The molecule has 0 unspecified atom stereocenters. The van der Waals surface area contributed by atoms with Crippen LogP contribution in [-0.2, 0) is 0 Å². The topological polar surface area (TPSA) is 16.1 Å². The zero-order valence-electron chi connectivity index (χ0n) is 16.3. The summed E-state index contributed by atoms with van der Waals surface area (Å²) in [7, 11) is 0.